The van der Waals surface area contributed by atoms with Crippen molar-refractivity contribution >= 4 is 40.3 Å². The van der Waals surface area contributed by atoms with E-state index in [9.17, 15) is 10.1 Å². The van der Waals surface area contributed by atoms with Gasteiger partial charge in [-0.15, -0.1) is 0 Å². The van der Waals surface area contributed by atoms with Gasteiger partial charge in [-0.25, -0.2) is 9.78 Å². The fourth-order valence-electron chi connectivity index (χ4n) is 2.50. The number of halogens is 1. The maximum Gasteiger partial charge on any atom is 0.341 e. The van der Waals surface area contributed by atoms with Crippen molar-refractivity contribution in [1.29, 1.82) is 5.26 Å². The highest BCUT2D eigenvalue weighted by Gasteiger charge is 2.15. The Hall–Kier alpha value is -3.50. The van der Waals surface area contributed by atoms with E-state index < -0.39 is 12.6 Å². The summed E-state index contributed by atoms with van der Waals surface area (Å²) in [5, 5.41) is 18.5. The smallest absolute Gasteiger partial charge is 0.341 e. The summed E-state index contributed by atoms with van der Waals surface area (Å²) in [6, 6.07) is 12.4. The van der Waals surface area contributed by atoms with Crippen molar-refractivity contribution in [2.24, 2.45) is 0 Å². The summed E-state index contributed by atoms with van der Waals surface area (Å²) in [6.45, 7) is 1.54. The summed E-state index contributed by atoms with van der Waals surface area (Å²) in [7, 11) is 0. The molecule has 0 saturated heterocycles. The molecule has 0 aliphatic carbocycles. The molecule has 8 heteroatoms. The molecule has 0 aliphatic heterocycles. The van der Waals surface area contributed by atoms with Gasteiger partial charge < -0.3 is 19.0 Å². The summed E-state index contributed by atoms with van der Waals surface area (Å²) in [6.07, 6.45) is 1.56. The quantitative estimate of drug-likeness (QED) is 0.587. The van der Waals surface area contributed by atoms with Crippen LogP contribution in [0.15, 0.2) is 40.8 Å². The maximum absolute atomic E-state index is 10.8. The number of carbonyl (C=O) groups is 1. The Balaban J connectivity index is 2.01. The first-order chi connectivity index (χ1) is 13.5. The Bertz CT molecular complexity index is 1060. The standard InChI is InChI=1S/C20H15ClN2O5/c1-2-26-17-9-12(8-14(21)19(17)27-11-18(24)25)7-13(10-22)20-23-15-5-3-4-6-16(15)28-20/h3-9H,2,11H2,1H3,(H,24,25)/b13-7+. The number of carboxylic acids is 1. The molecule has 1 aromatic heterocycles. The number of para-hydroxylation sites is 2. The predicted octanol–water partition coefficient (Wildman–Crippen LogP) is 4.41. The van der Waals surface area contributed by atoms with E-state index in [2.05, 4.69) is 11.1 Å². The van der Waals surface area contributed by atoms with E-state index in [1.54, 1.807) is 37.3 Å². The summed E-state index contributed by atoms with van der Waals surface area (Å²) in [5.41, 5.74) is 1.97. The number of rotatable bonds is 7. The lowest BCUT2D eigenvalue weighted by molar-refractivity contribution is -0.139. The topological polar surface area (TPSA) is 106 Å². The first kappa shape index (κ1) is 19.3. The number of aliphatic carboxylic acids is 1. The van der Waals surface area contributed by atoms with Crippen molar-refractivity contribution < 1.29 is 23.8 Å². The van der Waals surface area contributed by atoms with E-state index in [1.807, 2.05) is 12.1 Å². The number of hydrogen-bond donors (Lipinski definition) is 1. The number of nitriles is 1. The van der Waals surface area contributed by atoms with Crippen LogP contribution in [0.2, 0.25) is 5.02 Å². The lowest BCUT2D eigenvalue weighted by Crippen LogP contribution is -2.10. The van der Waals surface area contributed by atoms with Crippen molar-refractivity contribution in [1.82, 2.24) is 4.98 Å². The van der Waals surface area contributed by atoms with E-state index in [-0.39, 0.29) is 28.0 Å². The molecular formula is C20H15ClN2O5. The summed E-state index contributed by atoms with van der Waals surface area (Å²) in [4.78, 5) is 15.1. The molecule has 3 rings (SSSR count). The summed E-state index contributed by atoms with van der Waals surface area (Å²) >= 11 is 6.24. The van der Waals surface area contributed by atoms with Crippen LogP contribution in [0.25, 0.3) is 22.7 Å². The number of allylic oxidation sites excluding steroid dienone is 1. The molecule has 142 valence electrons. The fraction of sp³-hybridized carbons (Fsp3) is 0.150. The molecule has 7 nitrogen and oxygen atoms in total. The largest absolute Gasteiger partial charge is 0.490 e. The second-order valence-corrected chi connectivity index (χ2v) is 6.01. The molecule has 0 amide bonds. The van der Waals surface area contributed by atoms with E-state index in [0.29, 0.717) is 23.3 Å². The fourth-order valence-corrected chi connectivity index (χ4v) is 2.78. The number of aromatic nitrogens is 1. The van der Waals surface area contributed by atoms with Crippen molar-refractivity contribution in [3.63, 3.8) is 0 Å². The Labute approximate surface area is 165 Å². The maximum atomic E-state index is 10.8. The lowest BCUT2D eigenvalue weighted by atomic mass is 10.1. The second kappa shape index (κ2) is 8.46. The minimum Gasteiger partial charge on any atom is -0.490 e. The zero-order valence-corrected chi connectivity index (χ0v) is 15.6. The van der Waals surface area contributed by atoms with Crippen LogP contribution in [0.1, 0.15) is 18.4 Å². The zero-order valence-electron chi connectivity index (χ0n) is 14.8. The van der Waals surface area contributed by atoms with Crippen molar-refractivity contribution in [2.45, 2.75) is 6.92 Å². The molecule has 3 aromatic rings. The van der Waals surface area contributed by atoms with E-state index in [0.717, 1.165) is 0 Å². The third-order valence-electron chi connectivity index (χ3n) is 3.63. The average Bonchev–Trinajstić information content (AvgIpc) is 3.09. The minimum atomic E-state index is -1.13. The van der Waals surface area contributed by atoms with E-state index in [1.165, 1.54) is 0 Å². The Morgan fingerprint density at radius 2 is 2.14 bits per heavy atom. The van der Waals surface area contributed by atoms with Crippen LogP contribution in [-0.2, 0) is 4.79 Å². The molecule has 0 bridgehead atoms. The monoisotopic (exact) mass is 398 g/mol. The van der Waals surface area contributed by atoms with Gasteiger partial charge in [0.15, 0.2) is 23.7 Å². The molecule has 0 atom stereocenters. The highest BCUT2D eigenvalue weighted by atomic mass is 35.5. The Morgan fingerprint density at radius 1 is 1.36 bits per heavy atom. The third kappa shape index (κ3) is 4.24. The van der Waals surface area contributed by atoms with Gasteiger partial charge in [0.05, 0.1) is 11.6 Å². The average molecular weight is 399 g/mol. The van der Waals surface area contributed by atoms with Gasteiger partial charge in [-0.3, -0.25) is 0 Å². The Morgan fingerprint density at radius 3 is 2.82 bits per heavy atom. The van der Waals surface area contributed by atoms with Gasteiger partial charge in [-0.2, -0.15) is 5.26 Å². The van der Waals surface area contributed by atoms with Gasteiger partial charge in [-0.1, -0.05) is 23.7 Å². The first-order valence-electron chi connectivity index (χ1n) is 8.30. The van der Waals surface area contributed by atoms with Gasteiger partial charge in [0.2, 0.25) is 5.89 Å². The van der Waals surface area contributed by atoms with Gasteiger partial charge in [0.25, 0.3) is 0 Å². The van der Waals surface area contributed by atoms with Crippen LogP contribution in [0.3, 0.4) is 0 Å². The molecule has 0 saturated carbocycles. The third-order valence-corrected chi connectivity index (χ3v) is 3.91. The highest BCUT2D eigenvalue weighted by Crippen LogP contribution is 2.37. The second-order valence-electron chi connectivity index (χ2n) is 5.60. The number of benzene rings is 2. The molecule has 28 heavy (non-hydrogen) atoms. The Kier molecular flexibility index (Phi) is 5.82. The summed E-state index contributed by atoms with van der Waals surface area (Å²) < 4.78 is 16.4. The molecule has 0 radical (unpaired) electrons. The van der Waals surface area contributed by atoms with Crippen LogP contribution in [0, 0.1) is 11.3 Å². The van der Waals surface area contributed by atoms with Gasteiger partial charge in [0, 0.05) is 0 Å². The molecule has 1 N–H and O–H groups in total. The van der Waals surface area contributed by atoms with Crippen molar-refractivity contribution in [3.05, 3.63) is 52.9 Å². The number of nitrogens with zero attached hydrogens (tertiary/aromatic N) is 2. The molecule has 1 heterocycles. The molecular weight excluding hydrogens is 384 g/mol. The SMILES string of the molecule is CCOc1cc(/C=C(\C#N)c2nc3ccccc3o2)cc(Cl)c1OCC(=O)O. The predicted molar refractivity (Wildman–Crippen MR) is 103 cm³/mol. The van der Waals surface area contributed by atoms with E-state index in [4.69, 9.17) is 30.6 Å². The first-order valence-corrected chi connectivity index (χ1v) is 8.68. The minimum absolute atomic E-state index is 0.128. The van der Waals surface area contributed by atoms with Gasteiger partial charge >= 0.3 is 5.97 Å². The molecule has 0 aliphatic rings. The summed E-state index contributed by atoms with van der Waals surface area (Å²) in [5.74, 6) is -0.546. The van der Waals surface area contributed by atoms with Crippen LogP contribution in [0.4, 0.5) is 0 Å². The number of ether oxygens (including phenoxy) is 2. The number of carboxylic acid groups (broad SMARTS) is 1. The zero-order chi connectivity index (χ0) is 20.1. The van der Waals surface area contributed by atoms with Gasteiger partial charge in [0.1, 0.15) is 17.2 Å². The lowest BCUT2D eigenvalue weighted by Gasteiger charge is -2.13. The van der Waals surface area contributed by atoms with Crippen LogP contribution in [0.5, 0.6) is 11.5 Å². The van der Waals surface area contributed by atoms with Crippen molar-refractivity contribution in [3.8, 4) is 17.6 Å². The number of oxazole rings is 1. The van der Waals surface area contributed by atoms with Gasteiger partial charge in [-0.05, 0) is 42.8 Å². The number of hydrogen-bond acceptors (Lipinski definition) is 6. The number of fused-ring (bicyclic) bond motifs is 1. The molecule has 2 aromatic carbocycles. The van der Waals surface area contributed by atoms with Crippen molar-refractivity contribution in [2.75, 3.05) is 13.2 Å². The molecule has 0 unspecified atom stereocenters. The van der Waals surface area contributed by atoms with Crippen LogP contribution < -0.4 is 9.47 Å². The van der Waals surface area contributed by atoms with Crippen LogP contribution in [-0.4, -0.2) is 29.3 Å². The van der Waals surface area contributed by atoms with E-state index >= 15 is 0 Å². The van der Waals surface area contributed by atoms with Crippen LogP contribution >= 0.6 is 11.6 Å². The normalized spacial score (nSPS) is 11.2. The molecule has 0 spiro atoms. The molecule has 0 fully saturated rings. The highest BCUT2D eigenvalue weighted by molar-refractivity contribution is 6.32.